The van der Waals surface area contributed by atoms with Crippen LogP contribution in [0.1, 0.15) is 67.3 Å². The number of halogens is 4. The van der Waals surface area contributed by atoms with E-state index in [0.29, 0.717) is 18.4 Å². The molecule has 0 unspecified atom stereocenters. The second kappa shape index (κ2) is 8.13. The molecule has 2 fully saturated rings. The van der Waals surface area contributed by atoms with Crippen molar-refractivity contribution < 1.29 is 35.5 Å². The maximum Gasteiger partial charge on any atom is 0.391 e. The van der Waals surface area contributed by atoms with E-state index in [1.54, 1.807) is 0 Å². The van der Waals surface area contributed by atoms with Crippen LogP contribution < -0.4 is 4.74 Å². The van der Waals surface area contributed by atoms with Crippen molar-refractivity contribution in [3.05, 3.63) is 29.1 Å². The first-order valence-corrected chi connectivity index (χ1v) is 12.1. The van der Waals surface area contributed by atoms with Crippen LogP contribution in [0.5, 0.6) is 5.75 Å². The molecule has 0 aromatic heterocycles. The van der Waals surface area contributed by atoms with Gasteiger partial charge in [-0.15, -0.1) is 0 Å². The average Bonchev–Trinajstić information content (AvgIpc) is 3.43. The molecular weight excluding hydrogens is 424 g/mol. The van der Waals surface area contributed by atoms with Gasteiger partial charge in [0.25, 0.3) is 0 Å². The maximum absolute atomic E-state index is 14.6. The minimum Gasteiger partial charge on any atom is -0.493 e. The molecule has 9 heteroatoms. The molecule has 30 heavy (non-hydrogen) atoms. The Kier molecular flexibility index (Phi) is 6.24. The molecule has 168 valence electrons. The van der Waals surface area contributed by atoms with Gasteiger partial charge >= 0.3 is 6.18 Å². The Balaban J connectivity index is 1.74. The molecule has 2 aliphatic rings. The fraction of sp³-hybridized carbons (Fsp3) is 0.667. The fourth-order valence-electron chi connectivity index (χ4n) is 3.98. The molecule has 0 spiro atoms. The van der Waals surface area contributed by atoms with E-state index in [9.17, 15) is 30.8 Å². The predicted octanol–water partition coefficient (Wildman–Crippen LogP) is 5.07. The molecule has 0 N–H and O–H groups in total. The van der Waals surface area contributed by atoms with Crippen LogP contribution >= 0.6 is 0 Å². The van der Waals surface area contributed by atoms with Gasteiger partial charge in [0.2, 0.25) is 0 Å². The molecule has 0 saturated heterocycles. The van der Waals surface area contributed by atoms with Gasteiger partial charge in [0.15, 0.2) is 15.6 Å². The SMILES string of the molecule is CC1(COc2cc(F)c(C(=O)CS(C)(=O)=O)cc2C2CC2)CCC(C(F)(F)F)CC1. The number of ether oxygens (including phenoxy) is 1. The summed E-state index contributed by atoms with van der Waals surface area (Å²) in [5.74, 6) is -3.32. The van der Waals surface area contributed by atoms with Crippen LogP contribution in [0.15, 0.2) is 12.1 Å². The van der Waals surface area contributed by atoms with E-state index in [2.05, 4.69) is 0 Å². The van der Waals surface area contributed by atoms with Crippen LogP contribution in [-0.2, 0) is 9.84 Å². The summed E-state index contributed by atoms with van der Waals surface area (Å²) in [5.41, 5.74) is -0.0588. The number of hydrogen-bond donors (Lipinski definition) is 0. The summed E-state index contributed by atoms with van der Waals surface area (Å²) in [6.45, 7) is 2.03. The number of benzene rings is 1. The van der Waals surface area contributed by atoms with Gasteiger partial charge in [-0.3, -0.25) is 4.79 Å². The molecule has 0 bridgehead atoms. The van der Waals surface area contributed by atoms with Gasteiger partial charge in [-0.05, 0) is 56.1 Å². The van der Waals surface area contributed by atoms with E-state index in [1.165, 1.54) is 6.07 Å². The zero-order chi connectivity index (χ0) is 22.3. The van der Waals surface area contributed by atoms with Crippen molar-refractivity contribution in [2.45, 2.75) is 57.5 Å². The number of ketones is 1. The number of carbonyl (C=O) groups excluding carboxylic acids is 1. The minimum atomic E-state index is -4.18. The maximum atomic E-state index is 14.6. The van der Waals surface area contributed by atoms with Crippen LogP contribution in [0.25, 0.3) is 0 Å². The van der Waals surface area contributed by atoms with Crippen LogP contribution in [-0.4, -0.2) is 39.0 Å². The van der Waals surface area contributed by atoms with Crippen molar-refractivity contribution >= 4 is 15.6 Å². The Morgan fingerprint density at radius 1 is 1.17 bits per heavy atom. The summed E-state index contributed by atoms with van der Waals surface area (Å²) in [4.78, 5) is 12.2. The summed E-state index contributed by atoms with van der Waals surface area (Å²) in [6, 6.07) is 2.48. The highest BCUT2D eigenvalue weighted by Crippen LogP contribution is 2.47. The van der Waals surface area contributed by atoms with Gasteiger partial charge in [0, 0.05) is 17.7 Å². The van der Waals surface area contributed by atoms with Gasteiger partial charge in [-0.25, -0.2) is 12.8 Å². The standard InChI is InChI=1S/C21H26F4O4S/c1-20(7-5-14(6-8-20)21(23,24)25)12-29-19-10-17(22)16(9-15(19)13-3-4-13)18(26)11-30(2,27)28/h9-10,13-14H,3-8,11-12H2,1-2H3. The van der Waals surface area contributed by atoms with Crippen LogP contribution in [0.2, 0.25) is 0 Å². The Morgan fingerprint density at radius 2 is 1.77 bits per heavy atom. The number of rotatable bonds is 7. The Bertz CT molecular complexity index is 912. The molecule has 1 aromatic carbocycles. The molecular formula is C21H26F4O4S. The lowest BCUT2D eigenvalue weighted by atomic mass is 9.72. The largest absolute Gasteiger partial charge is 0.493 e. The quantitative estimate of drug-likeness (QED) is 0.430. The van der Waals surface area contributed by atoms with Gasteiger partial charge in [0.1, 0.15) is 17.3 Å². The van der Waals surface area contributed by atoms with Crippen LogP contribution in [0, 0.1) is 17.2 Å². The van der Waals surface area contributed by atoms with Crippen LogP contribution in [0.4, 0.5) is 17.6 Å². The molecule has 0 heterocycles. The first-order valence-electron chi connectivity index (χ1n) is 10.0. The lowest BCUT2D eigenvalue weighted by Gasteiger charge is -2.37. The summed E-state index contributed by atoms with van der Waals surface area (Å²) >= 11 is 0. The number of alkyl halides is 3. The van der Waals surface area contributed by atoms with E-state index in [1.807, 2.05) is 6.92 Å². The summed E-state index contributed by atoms with van der Waals surface area (Å²) in [6.07, 6.45) is -0.738. The molecule has 0 amide bonds. The van der Waals surface area contributed by atoms with Crippen molar-refractivity contribution in [2.75, 3.05) is 18.6 Å². The Morgan fingerprint density at radius 3 is 2.27 bits per heavy atom. The van der Waals surface area contributed by atoms with Crippen molar-refractivity contribution in [3.8, 4) is 5.75 Å². The van der Waals surface area contributed by atoms with E-state index >= 15 is 0 Å². The Labute approximate surface area is 173 Å². The van der Waals surface area contributed by atoms with Crippen molar-refractivity contribution in [3.63, 3.8) is 0 Å². The lowest BCUT2D eigenvalue weighted by molar-refractivity contribution is -0.187. The first kappa shape index (κ1) is 23.0. The number of sulfone groups is 1. The van der Waals surface area contributed by atoms with Gasteiger partial charge < -0.3 is 4.74 Å². The molecule has 0 radical (unpaired) electrons. The Hall–Kier alpha value is -1.64. The summed E-state index contributed by atoms with van der Waals surface area (Å²) in [5, 5.41) is 0. The predicted molar refractivity (Wildman–Crippen MR) is 104 cm³/mol. The monoisotopic (exact) mass is 450 g/mol. The van der Waals surface area contributed by atoms with Crippen molar-refractivity contribution in [1.29, 1.82) is 0 Å². The van der Waals surface area contributed by atoms with Crippen LogP contribution in [0.3, 0.4) is 0 Å². The third kappa shape index (κ3) is 5.74. The van der Waals surface area contributed by atoms with E-state index in [0.717, 1.165) is 25.2 Å². The second-order valence-electron chi connectivity index (χ2n) is 9.05. The highest BCUT2D eigenvalue weighted by atomic mass is 32.2. The molecule has 0 aliphatic heterocycles. The van der Waals surface area contributed by atoms with Gasteiger partial charge in [-0.1, -0.05) is 6.92 Å². The average molecular weight is 450 g/mol. The molecule has 2 saturated carbocycles. The summed E-state index contributed by atoms with van der Waals surface area (Å²) in [7, 11) is -3.59. The number of carbonyl (C=O) groups is 1. The van der Waals surface area contributed by atoms with Crippen molar-refractivity contribution in [2.24, 2.45) is 11.3 Å². The topological polar surface area (TPSA) is 60.4 Å². The van der Waals surface area contributed by atoms with Gasteiger partial charge in [0.05, 0.1) is 18.1 Å². The zero-order valence-electron chi connectivity index (χ0n) is 17.0. The van der Waals surface area contributed by atoms with Gasteiger partial charge in [-0.2, -0.15) is 13.2 Å². The third-order valence-electron chi connectivity index (χ3n) is 6.04. The smallest absolute Gasteiger partial charge is 0.391 e. The number of Topliss-reactive ketones (excluding diaryl/α,β-unsaturated/α-hetero) is 1. The second-order valence-corrected chi connectivity index (χ2v) is 11.2. The molecule has 2 aliphatic carbocycles. The summed E-state index contributed by atoms with van der Waals surface area (Å²) < 4.78 is 81.9. The third-order valence-corrected chi connectivity index (χ3v) is 6.83. The molecule has 4 nitrogen and oxygen atoms in total. The highest BCUT2D eigenvalue weighted by Gasteiger charge is 2.44. The molecule has 0 atom stereocenters. The number of hydrogen-bond acceptors (Lipinski definition) is 4. The van der Waals surface area contributed by atoms with E-state index in [-0.39, 0.29) is 36.7 Å². The molecule has 1 aromatic rings. The molecule has 3 rings (SSSR count). The zero-order valence-corrected chi connectivity index (χ0v) is 17.8. The van der Waals surface area contributed by atoms with E-state index < -0.39 is 44.7 Å². The first-order chi connectivity index (χ1) is 13.8. The minimum absolute atomic E-state index is 0.0478. The normalized spacial score (nSPS) is 25.2. The fourth-order valence-corrected chi connectivity index (χ4v) is 4.61. The highest BCUT2D eigenvalue weighted by molar-refractivity contribution is 7.91. The van der Waals surface area contributed by atoms with E-state index in [4.69, 9.17) is 4.74 Å². The lowest BCUT2D eigenvalue weighted by Crippen LogP contribution is -2.35. The van der Waals surface area contributed by atoms with Crippen molar-refractivity contribution in [1.82, 2.24) is 0 Å².